The highest BCUT2D eigenvalue weighted by molar-refractivity contribution is 6.31. The van der Waals surface area contributed by atoms with Gasteiger partial charge >= 0.3 is 0 Å². The van der Waals surface area contributed by atoms with Crippen LogP contribution in [0.2, 0.25) is 5.02 Å². The SMILES string of the molecule is Cc1ccc(C)c(-c2cc3c(=O)n(CCNC(=O)Cc4ccccc4Cl)ccn3n2)c1. The Balaban J connectivity index is 1.47. The van der Waals surface area contributed by atoms with Crippen LogP contribution in [0.4, 0.5) is 0 Å². The second-order valence-electron chi connectivity index (χ2n) is 7.59. The number of fused-ring (bicyclic) bond motifs is 1. The number of aryl methyl sites for hydroxylation is 2. The van der Waals surface area contributed by atoms with Crippen LogP contribution in [0.25, 0.3) is 16.8 Å². The van der Waals surface area contributed by atoms with Crippen LogP contribution in [0.1, 0.15) is 16.7 Å². The average molecular weight is 435 g/mol. The largest absolute Gasteiger partial charge is 0.354 e. The number of nitrogens with one attached hydrogen (secondary N) is 1. The van der Waals surface area contributed by atoms with Crippen LogP contribution in [0.15, 0.2) is 65.7 Å². The van der Waals surface area contributed by atoms with Gasteiger partial charge in [-0.15, -0.1) is 0 Å². The maximum atomic E-state index is 12.9. The Labute approximate surface area is 185 Å². The lowest BCUT2D eigenvalue weighted by Crippen LogP contribution is -2.32. The molecule has 2 aromatic carbocycles. The monoisotopic (exact) mass is 434 g/mol. The lowest BCUT2D eigenvalue weighted by Gasteiger charge is -2.08. The van der Waals surface area contributed by atoms with Crippen molar-refractivity contribution in [3.05, 3.63) is 93.0 Å². The molecule has 0 saturated heterocycles. The Morgan fingerprint density at radius 1 is 1.10 bits per heavy atom. The van der Waals surface area contributed by atoms with Gasteiger partial charge in [-0.1, -0.05) is 47.5 Å². The normalized spacial score (nSPS) is 11.1. The molecule has 4 aromatic rings. The van der Waals surface area contributed by atoms with E-state index in [9.17, 15) is 9.59 Å². The summed E-state index contributed by atoms with van der Waals surface area (Å²) in [7, 11) is 0. The van der Waals surface area contributed by atoms with E-state index in [-0.39, 0.29) is 17.9 Å². The zero-order valence-electron chi connectivity index (χ0n) is 17.4. The van der Waals surface area contributed by atoms with E-state index in [0.29, 0.717) is 23.6 Å². The molecule has 2 aromatic heterocycles. The molecule has 0 saturated carbocycles. The minimum atomic E-state index is -0.146. The van der Waals surface area contributed by atoms with Crippen molar-refractivity contribution < 1.29 is 4.79 Å². The fraction of sp³-hybridized carbons (Fsp3) is 0.208. The number of halogens is 1. The summed E-state index contributed by atoms with van der Waals surface area (Å²) < 4.78 is 3.19. The number of hydrogen-bond donors (Lipinski definition) is 1. The van der Waals surface area contributed by atoms with Crippen LogP contribution < -0.4 is 10.9 Å². The zero-order valence-corrected chi connectivity index (χ0v) is 18.2. The highest BCUT2D eigenvalue weighted by Gasteiger charge is 2.12. The Morgan fingerprint density at radius 3 is 2.71 bits per heavy atom. The topological polar surface area (TPSA) is 68.4 Å². The first-order valence-corrected chi connectivity index (χ1v) is 10.5. The fourth-order valence-electron chi connectivity index (χ4n) is 3.54. The summed E-state index contributed by atoms with van der Waals surface area (Å²) in [4.78, 5) is 25.1. The molecular formula is C24H23ClN4O2. The van der Waals surface area contributed by atoms with Crippen molar-refractivity contribution in [3.8, 4) is 11.3 Å². The van der Waals surface area contributed by atoms with Gasteiger partial charge in [-0.25, -0.2) is 4.52 Å². The lowest BCUT2D eigenvalue weighted by molar-refractivity contribution is -0.120. The van der Waals surface area contributed by atoms with Gasteiger partial charge in [-0.05, 0) is 43.2 Å². The van der Waals surface area contributed by atoms with Crippen LogP contribution in [0.3, 0.4) is 0 Å². The van der Waals surface area contributed by atoms with Gasteiger partial charge in [0.05, 0.1) is 12.1 Å². The van der Waals surface area contributed by atoms with Gasteiger partial charge in [0.1, 0.15) is 5.52 Å². The molecule has 0 fully saturated rings. The van der Waals surface area contributed by atoms with E-state index in [1.54, 1.807) is 27.5 Å². The second kappa shape index (κ2) is 8.78. The Bertz CT molecular complexity index is 1320. The van der Waals surface area contributed by atoms with E-state index in [0.717, 1.165) is 27.9 Å². The molecule has 0 bridgehead atoms. The predicted molar refractivity (Wildman–Crippen MR) is 123 cm³/mol. The van der Waals surface area contributed by atoms with Gasteiger partial charge in [0, 0.05) is 36.1 Å². The van der Waals surface area contributed by atoms with E-state index in [4.69, 9.17) is 11.6 Å². The molecule has 0 atom stereocenters. The summed E-state index contributed by atoms with van der Waals surface area (Å²) in [6.45, 7) is 4.78. The Morgan fingerprint density at radius 2 is 1.90 bits per heavy atom. The summed E-state index contributed by atoms with van der Waals surface area (Å²) in [6.07, 6.45) is 3.65. The molecular weight excluding hydrogens is 412 g/mol. The average Bonchev–Trinajstić information content (AvgIpc) is 3.18. The van der Waals surface area contributed by atoms with Crippen molar-refractivity contribution >= 4 is 23.0 Å². The molecule has 1 N–H and O–H groups in total. The molecule has 31 heavy (non-hydrogen) atoms. The fourth-order valence-corrected chi connectivity index (χ4v) is 3.74. The summed E-state index contributed by atoms with van der Waals surface area (Å²) in [5.74, 6) is -0.135. The van der Waals surface area contributed by atoms with Crippen LogP contribution in [0, 0.1) is 13.8 Å². The van der Waals surface area contributed by atoms with Crippen molar-refractivity contribution in [3.63, 3.8) is 0 Å². The molecule has 0 radical (unpaired) electrons. The minimum absolute atomic E-state index is 0.135. The first-order valence-electron chi connectivity index (χ1n) is 10.1. The highest BCUT2D eigenvalue weighted by atomic mass is 35.5. The zero-order chi connectivity index (χ0) is 22.0. The molecule has 0 unspecified atom stereocenters. The van der Waals surface area contributed by atoms with Gasteiger partial charge in [0.15, 0.2) is 0 Å². The van der Waals surface area contributed by atoms with E-state index >= 15 is 0 Å². The van der Waals surface area contributed by atoms with Crippen molar-refractivity contribution in [2.45, 2.75) is 26.8 Å². The van der Waals surface area contributed by atoms with Gasteiger partial charge in [0.25, 0.3) is 5.56 Å². The molecule has 4 rings (SSSR count). The molecule has 0 aliphatic rings. The van der Waals surface area contributed by atoms with Crippen LogP contribution >= 0.6 is 11.6 Å². The Hall–Kier alpha value is -3.38. The predicted octanol–water partition coefficient (Wildman–Crippen LogP) is 3.79. The molecule has 0 aliphatic carbocycles. The number of hydrogen-bond acceptors (Lipinski definition) is 3. The highest BCUT2D eigenvalue weighted by Crippen LogP contribution is 2.23. The smallest absolute Gasteiger partial charge is 0.276 e. The third-order valence-electron chi connectivity index (χ3n) is 5.26. The number of rotatable bonds is 6. The number of nitrogens with zero attached hydrogens (tertiary/aromatic N) is 3. The summed E-state index contributed by atoms with van der Waals surface area (Å²) in [5, 5.41) is 7.99. The maximum Gasteiger partial charge on any atom is 0.276 e. The summed E-state index contributed by atoms with van der Waals surface area (Å²) in [6, 6.07) is 15.3. The Kier molecular flexibility index (Phi) is 5.91. The molecule has 6 nitrogen and oxygen atoms in total. The lowest BCUT2D eigenvalue weighted by atomic mass is 10.0. The molecule has 0 spiro atoms. The van der Waals surface area contributed by atoms with Crippen LogP contribution in [-0.2, 0) is 17.8 Å². The first kappa shape index (κ1) is 20.9. The number of benzene rings is 2. The van der Waals surface area contributed by atoms with Crippen molar-refractivity contribution in [1.29, 1.82) is 0 Å². The second-order valence-corrected chi connectivity index (χ2v) is 8.00. The van der Waals surface area contributed by atoms with E-state index in [1.165, 1.54) is 0 Å². The standard InChI is InChI=1S/C24H23ClN4O2/c1-16-7-8-17(2)19(13-16)21-15-22-24(31)28(11-12-29(22)27-21)10-9-26-23(30)14-18-5-3-4-6-20(18)25/h3-8,11-13,15H,9-10,14H2,1-2H3,(H,26,30). The molecule has 0 aliphatic heterocycles. The third-order valence-corrected chi connectivity index (χ3v) is 5.62. The number of amides is 1. The van der Waals surface area contributed by atoms with E-state index < -0.39 is 0 Å². The van der Waals surface area contributed by atoms with Gasteiger partial charge in [-0.2, -0.15) is 5.10 Å². The molecule has 1 amide bonds. The molecule has 7 heteroatoms. The van der Waals surface area contributed by atoms with Gasteiger partial charge in [0.2, 0.25) is 5.91 Å². The van der Waals surface area contributed by atoms with Gasteiger partial charge < -0.3 is 9.88 Å². The number of carbonyl (C=O) groups is 1. The summed E-state index contributed by atoms with van der Waals surface area (Å²) >= 11 is 6.11. The van der Waals surface area contributed by atoms with Crippen molar-refractivity contribution in [1.82, 2.24) is 19.5 Å². The van der Waals surface area contributed by atoms with E-state index in [2.05, 4.69) is 28.6 Å². The first-order chi connectivity index (χ1) is 14.9. The van der Waals surface area contributed by atoms with Crippen molar-refractivity contribution in [2.24, 2.45) is 0 Å². The van der Waals surface area contributed by atoms with Gasteiger partial charge in [-0.3, -0.25) is 9.59 Å². The van der Waals surface area contributed by atoms with Crippen LogP contribution in [-0.4, -0.2) is 26.6 Å². The minimum Gasteiger partial charge on any atom is -0.354 e. The maximum absolute atomic E-state index is 12.9. The number of aromatic nitrogens is 3. The molecule has 158 valence electrons. The summed E-state index contributed by atoms with van der Waals surface area (Å²) in [5.41, 5.74) is 5.16. The van der Waals surface area contributed by atoms with Crippen molar-refractivity contribution in [2.75, 3.05) is 6.54 Å². The molecule has 2 heterocycles. The van der Waals surface area contributed by atoms with Crippen LogP contribution in [0.5, 0.6) is 0 Å². The third kappa shape index (κ3) is 4.54. The quantitative estimate of drug-likeness (QED) is 0.502. The number of carbonyl (C=O) groups excluding carboxylic acids is 1. The van der Waals surface area contributed by atoms with E-state index in [1.807, 2.05) is 38.1 Å².